The number of carbonyl (C=O) groups is 2. The standard InChI is InChI=1S/C19H16BrN3O3S/c1-2-26-16-6-4-3-5-15(16)21-11-14-17(24)22-19(27)23(18(14)25)13-9-7-12(20)8-10-13/h3-11,14H,2H2,1H3,(H,22,24,27)/t14-/m0/s1. The Morgan fingerprint density at radius 2 is 1.93 bits per heavy atom. The minimum absolute atomic E-state index is 0.0479. The van der Waals surface area contributed by atoms with Gasteiger partial charge in [-0.15, -0.1) is 0 Å². The van der Waals surface area contributed by atoms with Crippen LogP contribution in [-0.2, 0) is 9.59 Å². The normalized spacial score (nSPS) is 17.3. The van der Waals surface area contributed by atoms with E-state index < -0.39 is 17.7 Å². The number of nitrogens with zero attached hydrogens (tertiary/aromatic N) is 2. The van der Waals surface area contributed by atoms with Crippen LogP contribution in [0.25, 0.3) is 0 Å². The molecule has 1 heterocycles. The fourth-order valence-corrected chi connectivity index (χ4v) is 3.11. The summed E-state index contributed by atoms with van der Waals surface area (Å²) >= 11 is 8.53. The molecule has 1 aliphatic heterocycles. The van der Waals surface area contributed by atoms with Crippen molar-refractivity contribution in [3.63, 3.8) is 0 Å². The number of thiocarbonyl (C=S) groups is 1. The molecule has 2 amide bonds. The van der Waals surface area contributed by atoms with Gasteiger partial charge in [0.15, 0.2) is 11.0 Å². The zero-order valence-corrected chi connectivity index (χ0v) is 16.8. The van der Waals surface area contributed by atoms with Crippen LogP contribution in [0.5, 0.6) is 5.75 Å². The summed E-state index contributed by atoms with van der Waals surface area (Å²) in [5.41, 5.74) is 1.12. The number of ether oxygens (including phenoxy) is 1. The Hall–Kier alpha value is -2.58. The topological polar surface area (TPSA) is 71.0 Å². The van der Waals surface area contributed by atoms with E-state index in [-0.39, 0.29) is 5.11 Å². The highest BCUT2D eigenvalue weighted by Gasteiger charge is 2.38. The van der Waals surface area contributed by atoms with Gasteiger partial charge < -0.3 is 10.1 Å². The molecule has 2 aromatic carbocycles. The maximum atomic E-state index is 12.9. The summed E-state index contributed by atoms with van der Waals surface area (Å²) in [5.74, 6) is -1.46. The smallest absolute Gasteiger partial charge is 0.251 e. The van der Waals surface area contributed by atoms with Crippen molar-refractivity contribution in [2.24, 2.45) is 10.9 Å². The largest absolute Gasteiger partial charge is 0.492 e. The van der Waals surface area contributed by atoms with Crippen molar-refractivity contribution >= 4 is 62.7 Å². The lowest BCUT2D eigenvalue weighted by atomic mass is 10.1. The lowest BCUT2D eigenvalue weighted by Crippen LogP contribution is -2.58. The molecule has 1 N–H and O–H groups in total. The lowest BCUT2D eigenvalue weighted by molar-refractivity contribution is -0.130. The van der Waals surface area contributed by atoms with E-state index in [1.54, 1.807) is 42.5 Å². The van der Waals surface area contributed by atoms with Gasteiger partial charge in [0.2, 0.25) is 5.91 Å². The number of hydrogen-bond acceptors (Lipinski definition) is 5. The Bertz CT molecular complexity index is 915. The molecule has 1 fully saturated rings. The molecule has 1 saturated heterocycles. The van der Waals surface area contributed by atoms with Gasteiger partial charge in [0.05, 0.1) is 12.3 Å². The summed E-state index contributed by atoms with van der Waals surface area (Å²) in [6, 6.07) is 14.2. The highest BCUT2D eigenvalue weighted by atomic mass is 79.9. The maximum absolute atomic E-state index is 12.9. The Kier molecular flexibility index (Phi) is 5.98. The van der Waals surface area contributed by atoms with Crippen LogP contribution in [0, 0.1) is 5.92 Å². The van der Waals surface area contributed by atoms with Gasteiger partial charge in [-0.1, -0.05) is 28.1 Å². The summed E-state index contributed by atoms with van der Waals surface area (Å²) in [5, 5.41) is 2.61. The van der Waals surface area contributed by atoms with E-state index in [1.807, 2.05) is 13.0 Å². The first-order valence-electron chi connectivity index (χ1n) is 8.21. The number of para-hydroxylation sites is 2. The number of aliphatic imine (C=N–C) groups is 1. The number of anilines is 1. The minimum Gasteiger partial charge on any atom is -0.492 e. The summed E-state index contributed by atoms with van der Waals surface area (Å²) in [6.45, 7) is 2.36. The zero-order valence-electron chi connectivity index (χ0n) is 14.4. The first kappa shape index (κ1) is 19.2. The Morgan fingerprint density at radius 3 is 2.63 bits per heavy atom. The molecule has 3 rings (SSSR count). The van der Waals surface area contributed by atoms with Crippen LogP contribution < -0.4 is 15.0 Å². The number of carbonyl (C=O) groups excluding carboxylic acids is 2. The quantitative estimate of drug-likeness (QED) is 0.433. The van der Waals surface area contributed by atoms with Crippen molar-refractivity contribution in [1.29, 1.82) is 0 Å². The van der Waals surface area contributed by atoms with Gasteiger partial charge in [-0.05, 0) is 55.5 Å². The van der Waals surface area contributed by atoms with E-state index in [4.69, 9.17) is 17.0 Å². The predicted octanol–water partition coefficient (Wildman–Crippen LogP) is 3.61. The van der Waals surface area contributed by atoms with E-state index in [9.17, 15) is 9.59 Å². The van der Waals surface area contributed by atoms with Gasteiger partial charge in [0.25, 0.3) is 5.91 Å². The summed E-state index contributed by atoms with van der Waals surface area (Å²) < 4.78 is 6.39. The van der Waals surface area contributed by atoms with Crippen LogP contribution in [0.2, 0.25) is 0 Å². The number of benzene rings is 2. The third-order valence-electron chi connectivity index (χ3n) is 3.81. The van der Waals surface area contributed by atoms with Crippen molar-refractivity contribution < 1.29 is 14.3 Å². The van der Waals surface area contributed by atoms with E-state index in [0.717, 1.165) is 4.47 Å². The van der Waals surface area contributed by atoms with Crippen LogP contribution in [0.15, 0.2) is 58.0 Å². The second-order valence-corrected chi connectivity index (χ2v) is 6.90. The molecule has 0 saturated carbocycles. The molecule has 6 nitrogen and oxygen atoms in total. The monoisotopic (exact) mass is 445 g/mol. The second kappa shape index (κ2) is 8.41. The van der Waals surface area contributed by atoms with Crippen molar-refractivity contribution in [3.8, 4) is 5.75 Å². The molecule has 1 aliphatic rings. The Balaban J connectivity index is 1.89. The molecule has 27 heavy (non-hydrogen) atoms. The Labute approximate surface area is 170 Å². The molecule has 138 valence electrons. The number of amides is 2. The van der Waals surface area contributed by atoms with Gasteiger partial charge in [0.1, 0.15) is 11.4 Å². The first-order valence-corrected chi connectivity index (χ1v) is 9.41. The average Bonchev–Trinajstić information content (AvgIpc) is 2.64. The van der Waals surface area contributed by atoms with Gasteiger partial charge in [-0.3, -0.25) is 19.5 Å². The number of rotatable bonds is 5. The Morgan fingerprint density at radius 1 is 1.22 bits per heavy atom. The van der Waals surface area contributed by atoms with Crippen LogP contribution in [-0.4, -0.2) is 29.7 Å². The molecule has 1 atom stereocenters. The average molecular weight is 446 g/mol. The third kappa shape index (κ3) is 4.23. The van der Waals surface area contributed by atoms with Gasteiger partial charge in [-0.2, -0.15) is 0 Å². The predicted molar refractivity (Wildman–Crippen MR) is 112 cm³/mol. The second-order valence-electron chi connectivity index (χ2n) is 5.60. The van der Waals surface area contributed by atoms with Crippen LogP contribution in [0.1, 0.15) is 6.92 Å². The number of nitrogens with one attached hydrogen (secondary N) is 1. The van der Waals surface area contributed by atoms with E-state index in [2.05, 4.69) is 26.2 Å². The molecular formula is C19H16BrN3O3S. The summed E-state index contributed by atoms with van der Waals surface area (Å²) in [7, 11) is 0. The molecule has 0 unspecified atom stereocenters. The summed E-state index contributed by atoms with van der Waals surface area (Å²) in [6.07, 6.45) is 1.32. The van der Waals surface area contributed by atoms with Crippen molar-refractivity contribution in [2.75, 3.05) is 11.5 Å². The third-order valence-corrected chi connectivity index (χ3v) is 4.63. The summed E-state index contributed by atoms with van der Waals surface area (Å²) in [4.78, 5) is 30.8. The van der Waals surface area contributed by atoms with Gasteiger partial charge in [-0.25, -0.2) is 0 Å². The van der Waals surface area contributed by atoms with Crippen LogP contribution in [0.3, 0.4) is 0 Å². The van der Waals surface area contributed by atoms with Crippen molar-refractivity contribution in [2.45, 2.75) is 6.92 Å². The molecule has 2 aromatic rings. The van der Waals surface area contributed by atoms with E-state index in [0.29, 0.717) is 23.7 Å². The number of hydrogen-bond donors (Lipinski definition) is 1. The van der Waals surface area contributed by atoms with Crippen molar-refractivity contribution in [1.82, 2.24) is 5.32 Å². The molecular weight excluding hydrogens is 430 g/mol. The fourth-order valence-electron chi connectivity index (χ4n) is 2.55. The highest BCUT2D eigenvalue weighted by Crippen LogP contribution is 2.27. The van der Waals surface area contributed by atoms with Crippen molar-refractivity contribution in [3.05, 3.63) is 53.0 Å². The van der Waals surface area contributed by atoms with E-state index >= 15 is 0 Å². The van der Waals surface area contributed by atoms with Crippen LogP contribution in [0.4, 0.5) is 11.4 Å². The molecule has 0 bridgehead atoms. The SMILES string of the molecule is CCOc1ccccc1N=C[C@H]1C(=O)NC(=S)N(c2ccc(Br)cc2)C1=O. The van der Waals surface area contributed by atoms with Gasteiger partial charge >= 0.3 is 0 Å². The van der Waals surface area contributed by atoms with E-state index in [1.165, 1.54) is 11.1 Å². The molecule has 0 aliphatic carbocycles. The number of halogens is 1. The molecule has 0 radical (unpaired) electrons. The minimum atomic E-state index is -1.09. The van der Waals surface area contributed by atoms with Crippen LogP contribution >= 0.6 is 28.1 Å². The van der Waals surface area contributed by atoms with Gasteiger partial charge in [0, 0.05) is 10.7 Å². The first-order chi connectivity index (χ1) is 13.0. The molecule has 8 heteroatoms. The fraction of sp³-hybridized carbons (Fsp3) is 0.158. The maximum Gasteiger partial charge on any atom is 0.251 e. The molecule has 0 spiro atoms. The molecule has 0 aromatic heterocycles. The lowest BCUT2D eigenvalue weighted by Gasteiger charge is -2.30. The highest BCUT2D eigenvalue weighted by molar-refractivity contribution is 9.10. The zero-order chi connectivity index (χ0) is 19.4.